The van der Waals surface area contributed by atoms with Crippen molar-refractivity contribution < 1.29 is 55.8 Å². The Morgan fingerprint density at radius 3 is 1.97 bits per heavy atom. The molecule has 0 saturated carbocycles. The van der Waals surface area contributed by atoms with Crippen molar-refractivity contribution in [2.45, 2.75) is 53.4 Å². The summed E-state index contributed by atoms with van der Waals surface area (Å²) in [5, 5.41) is 2.61. The molecular weight excluding hydrogens is 478 g/mol. The number of benzene rings is 2. The van der Waals surface area contributed by atoms with Gasteiger partial charge in [-0.3, -0.25) is 0 Å². The second-order valence-corrected chi connectivity index (χ2v) is 9.55. The monoisotopic (exact) mass is 507 g/mol. The topological polar surface area (TPSA) is 9.23 Å². The van der Waals surface area contributed by atoms with Crippen molar-refractivity contribution in [1.82, 2.24) is 0 Å². The van der Waals surface area contributed by atoms with Crippen LogP contribution in [0, 0.1) is 5.41 Å². The molecule has 0 amide bonds. The van der Waals surface area contributed by atoms with Gasteiger partial charge in [0.05, 0.1) is 7.11 Å². The van der Waals surface area contributed by atoms with E-state index in [1.807, 2.05) is 0 Å². The molecule has 0 bridgehead atoms. The van der Waals surface area contributed by atoms with Gasteiger partial charge in [-0.2, -0.15) is 6.07 Å². The molecule has 0 saturated heterocycles. The molecule has 0 atom stereocenters. The number of hydrogen-bond donors (Lipinski definition) is 0. The van der Waals surface area contributed by atoms with Gasteiger partial charge < -0.3 is 29.6 Å². The second kappa shape index (κ2) is 10.6. The van der Waals surface area contributed by atoms with E-state index in [0.29, 0.717) is 0 Å². The fourth-order valence-corrected chi connectivity index (χ4v) is 3.78. The van der Waals surface area contributed by atoms with E-state index >= 15 is 0 Å². The molecule has 29 heavy (non-hydrogen) atoms. The van der Waals surface area contributed by atoms with Gasteiger partial charge in [-0.05, 0) is 33.9 Å². The Bertz CT molecular complexity index is 916. The summed E-state index contributed by atoms with van der Waals surface area (Å²) in [5.41, 5.74) is 5.39. The molecule has 155 valence electrons. The fourth-order valence-electron chi connectivity index (χ4n) is 3.78. The van der Waals surface area contributed by atoms with Crippen molar-refractivity contribution in [2.75, 3.05) is 7.11 Å². The van der Waals surface area contributed by atoms with Crippen LogP contribution in [0.25, 0.3) is 21.9 Å². The molecule has 1 radical (unpaired) electrons. The second-order valence-electron chi connectivity index (χ2n) is 9.55. The van der Waals surface area contributed by atoms with E-state index < -0.39 is 0 Å². The summed E-state index contributed by atoms with van der Waals surface area (Å²) < 4.78 is 5.98. The maximum Gasteiger partial charge on any atom is 3.00 e. The average Bonchev–Trinajstić information content (AvgIpc) is 2.92. The summed E-state index contributed by atoms with van der Waals surface area (Å²) in [6.07, 6.45) is 1.07. The largest absolute Gasteiger partial charge is 3.00 e. The summed E-state index contributed by atoms with van der Waals surface area (Å²) in [4.78, 5) is 0. The molecule has 0 unspecified atom stereocenters. The zero-order chi connectivity index (χ0) is 19.1. The minimum atomic E-state index is 0. The minimum absolute atomic E-state index is 0. The molecule has 3 aromatic carbocycles. The molecule has 0 aliphatic heterocycles. The molecule has 1 nitrogen and oxygen atoms in total. The first-order chi connectivity index (χ1) is 12.1. The fraction of sp³-hybridized carbons (Fsp3) is 0.400. The van der Waals surface area contributed by atoms with Gasteiger partial charge in [0.25, 0.3) is 0 Å². The molecule has 0 aliphatic rings. The van der Waals surface area contributed by atoms with E-state index in [4.69, 9.17) is 4.74 Å². The first kappa shape index (κ1) is 28.3. The van der Waals surface area contributed by atoms with Crippen LogP contribution in [0.15, 0.2) is 48.5 Å². The third-order valence-electron chi connectivity index (χ3n) is 4.83. The first-order valence-corrected chi connectivity index (χ1v) is 9.46. The maximum absolute atomic E-state index is 5.98. The van der Waals surface area contributed by atoms with E-state index in [1.165, 1.54) is 33.0 Å². The van der Waals surface area contributed by atoms with E-state index in [-0.39, 0.29) is 61.8 Å². The number of rotatable bonds is 3. The zero-order valence-electron chi connectivity index (χ0n) is 18.5. The van der Waals surface area contributed by atoms with Gasteiger partial charge in [0, 0.05) is 0 Å². The molecule has 0 heterocycles. The Labute approximate surface area is 207 Å². The van der Waals surface area contributed by atoms with Gasteiger partial charge >= 0.3 is 26.2 Å². The molecule has 0 fully saturated rings. The number of methoxy groups -OCH3 is 1. The van der Waals surface area contributed by atoms with Crippen LogP contribution < -0.4 is 29.6 Å². The van der Waals surface area contributed by atoms with Crippen LogP contribution in [-0.4, -0.2) is 7.11 Å². The maximum atomic E-state index is 5.98. The van der Waals surface area contributed by atoms with Crippen LogP contribution in [0.3, 0.4) is 0 Å². The van der Waals surface area contributed by atoms with E-state index in [2.05, 4.69) is 90.1 Å². The van der Waals surface area contributed by atoms with Gasteiger partial charge in [0.2, 0.25) is 0 Å². The Hall–Kier alpha value is -0.687. The number of hydrogen-bond acceptors (Lipinski definition) is 1. The third-order valence-corrected chi connectivity index (χ3v) is 4.83. The molecule has 0 aliphatic carbocycles. The van der Waals surface area contributed by atoms with Crippen molar-refractivity contribution in [3.05, 3.63) is 59.7 Å². The summed E-state index contributed by atoms with van der Waals surface area (Å²) in [6, 6.07) is 17.7. The van der Waals surface area contributed by atoms with Crippen LogP contribution in [-0.2, 0) is 38.0 Å². The minimum Gasteiger partial charge on any atom is -1.00 e. The molecular formula is C25H31Cl2OZr. The van der Waals surface area contributed by atoms with Crippen LogP contribution >= 0.6 is 0 Å². The summed E-state index contributed by atoms with van der Waals surface area (Å²) in [6.45, 7) is 13.7. The van der Waals surface area contributed by atoms with Crippen molar-refractivity contribution in [3.8, 4) is 16.9 Å². The van der Waals surface area contributed by atoms with Crippen molar-refractivity contribution in [2.24, 2.45) is 5.41 Å². The van der Waals surface area contributed by atoms with E-state index in [9.17, 15) is 0 Å². The van der Waals surface area contributed by atoms with E-state index in [0.717, 1.165) is 12.2 Å². The van der Waals surface area contributed by atoms with Gasteiger partial charge in [-0.15, -0.1) is 28.5 Å². The normalized spacial score (nSPS) is 11.3. The molecule has 0 N–H and O–H groups in total. The SMILES string of the molecule is COc1c(C(C)(C)C)cc2[cH-]c(CC(C)(C)C)cc2c1-c1ccccc1.[Cl-].[Cl-].[Zr+3]. The number of halogens is 2. The summed E-state index contributed by atoms with van der Waals surface area (Å²) in [5.74, 6) is 1.00. The van der Waals surface area contributed by atoms with Gasteiger partial charge in [0.1, 0.15) is 5.75 Å². The standard InChI is InChI=1S/C25H31O.2ClH.Zr/c1-24(2,3)16-17-13-19-15-21(25(4,5)6)23(26-7)22(20(19)14-17)18-11-9-8-10-12-18;;;/h8-15H,16H2,1-7H3;2*1H;/q-1;;;+3/p-2. The van der Waals surface area contributed by atoms with Crippen LogP contribution in [0.1, 0.15) is 52.7 Å². The predicted molar refractivity (Wildman–Crippen MR) is 113 cm³/mol. The average molecular weight is 510 g/mol. The van der Waals surface area contributed by atoms with Crippen molar-refractivity contribution >= 4 is 10.8 Å². The summed E-state index contributed by atoms with van der Waals surface area (Å²) in [7, 11) is 1.79. The molecule has 0 aromatic heterocycles. The van der Waals surface area contributed by atoms with Crippen molar-refractivity contribution in [1.29, 1.82) is 0 Å². The van der Waals surface area contributed by atoms with Gasteiger partial charge in [0.15, 0.2) is 0 Å². The van der Waals surface area contributed by atoms with E-state index in [1.54, 1.807) is 7.11 Å². The van der Waals surface area contributed by atoms with Crippen molar-refractivity contribution in [3.63, 3.8) is 0 Å². The molecule has 3 rings (SSSR count). The Kier molecular flexibility index (Phi) is 10.3. The third kappa shape index (κ3) is 6.40. The number of fused-ring (bicyclic) bond motifs is 1. The molecule has 3 aromatic rings. The van der Waals surface area contributed by atoms with Gasteiger partial charge in [-0.25, -0.2) is 0 Å². The zero-order valence-corrected chi connectivity index (χ0v) is 22.5. The Morgan fingerprint density at radius 2 is 1.48 bits per heavy atom. The Morgan fingerprint density at radius 1 is 0.897 bits per heavy atom. The van der Waals surface area contributed by atoms with Gasteiger partial charge in [-0.1, -0.05) is 71.9 Å². The number of ether oxygens (including phenoxy) is 1. The smallest absolute Gasteiger partial charge is 1.00 e. The molecule has 0 spiro atoms. The molecule has 4 heteroatoms. The van der Waals surface area contributed by atoms with Crippen LogP contribution in [0.2, 0.25) is 0 Å². The Balaban J connectivity index is 0.00000261. The summed E-state index contributed by atoms with van der Waals surface area (Å²) >= 11 is 0. The predicted octanol–water partition coefficient (Wildman–Crippen LogP) is 1.13. The first-order valence-electron chi connectivity index (χ1n) is 9.46. The quantitative estimate of drug-likeness (QED) is 0.481. The van der Waals surface area contributed by atoms with Crippen LogP contribution in [0.5, 0.6) is 5.75 Å². The van der Waals surface area contributed by atoms with Crippen LogP contribution in [0.4, 0.5) is 0 Å².